The van der Waals surface area contributed by atoms with Gasteiger partial charge < -0.3 is 5.32 Å². The van der Waals surface area contributed by atoms with Crippen molar-refractivity contribution in [3.63, 3.8) is 0 Å². The molecule has 3 rings (SSSR count). The van der Waals surface area contributed by atoms with Gasteiger partial charge in [-0.3, -0.25) is 9.69 Å². The first-order valence-electron chi connectivity index (χ1n) is 8.87. The Labute approximate surface area is 153 Å². The van der Waals surface area contributed by atoms with Crippen LogP contribution in [0.1, 0.15) is 26.7 Å². The monoisotopic (exact) mass is 360 g/mol. The zero-order valence-electron chi connectivity index (χ0n) is 14.8. The molecule has 2 unspecified atom stereocenters. The molecule has 6 heteroatoms. The standard InChI is InChI=1S/C19H25ClN4O/c1-14-7-6-10-23(13-14)15(2)11-21-17-12-22-24(19(25)18(17)20)16-8-4-3-5-9-16/h3-5,8-9,12,14-15,21H,6-7,10-11,13H2,1-2H3. The first-order valence-corrected chi connectivity index (χ1v) is 9.25. The van der Waals surface area contributed by atoms with Gasteiger partial charge in [0.25, 0.3) is 5.56 Å². The lowest BCUT2D eigenvalue weighted by Crippen LogP contribution is -2.43. The maximum absolute atomic E-state index is 12.5. The van der Waals surface area contributed by atoms with Crippen LogP contribution in [-0.4, -0.2) is 40.4 Å². The molecule has 1 aliphatic heterocycles. The van der Waals surface area contributed by atoms with Crippen molar-refractivity contribution in [3.8, 4) is 5.69 Å². The van der Waals surface area contributed by atoms with E-state index in [9.17, 15) is 4.79 Å². The summed E-state index contributed by atoms with van der Waals surface area (Å²) in [6.07, 6.45) is 4.19. The molecule has 1 aliphatic rings. The SMILES string of the molecule is CC1CCCN(C(C)CNc2cnn(-c3ccccc3)c(=O)c2Cl)C1. The molecule has 2 atom stereocenters. The van der Waals surface area contributed by atoms with Gasteiger partial charge in [0.05, 0.1) is 17.6 Å². The molecule has 5 nitrogen and oxygen atoms in total. The van der Waals surface area contributed by atoms with Crippen molar-refractivity contribution in [1.29, 1.82) is 0 Å². The van der Waals surface area contributed by atoms with Crippen LogP contribution >= 0.6 is 11.6 Å². The second-order valence-corrected chi connectivity index (χ2v) is 7.27. The minimum absolute atomic E-state index is 0.179. The van der Waals surface area contributed by atoms with Gasteiger partial charge in [-0.15, -0.1) is 0 Å². The van der Waals surface area contributed by atoms with E-state index >= 15 is 0 Å². The van der Waals surface area contributed by atoms with E-state index in [-0.39, 0.29) is 10.6 Å². The van der Waals surface area contributed by atoms with Crippen molar-refractivity contribution in [2.45, 2.75) is 32.7 Å². The largest absolute Gasteiger partial charge is 0.381 e. The lowest BCUT2D eigenvalue weighted by atomic mass is 9.99. The molecule has 2 aromatic rings. The van der Waals surface area contributed by atoms with Gasteiger partial charge in [0.2, 0.25) is 0 Å². The Bertz CT molecular complexity index is 762. The van der Waals surface area contributed by atoms with Gasteiger partial charge in [0.15, 0.2) is 0 Å². The van der Waals surface area contributed by atoms with Crippen LogP contribution in [0.25, 0.3) is 5.69 Å². The van der Waals surface area contributed by atoms with Crippen LogP contribution in [0.2, 0.25) is 5.02 Å². The van der Waals surface area contributed by atoms with Crippen molar-refractivity contribution in [2.75, 3.05) is 25.0 Å². The highest BCUT2D eigenvalue weighted by molar-refractivity contribution is 6.32. The zero-order valence-corrected chi connectivity index (χ0v) is 15.5. The van der Waals surface area contributed by atoms with E-state index in [2.05, 4.69) is 29.2 Å². The summed E-state index contributed by atoms with van der Waals surface area (Å²) < 4.78 is 1.32. The molecule has 0 bridgehead atoms. The van der Waals surface area contributed by atoms with Crippen molar-refractivity contribution >= 4 is 17.3 Å². The summed E-state index contributed by atoms with van der Waals surface area (Å²) in [7, 11) is 0. The van der Waals surface area contributed by atoms with E-state index in [0.717, 1.165) is 25.6 Å². The van der Waals surface area contributed by atoms with Gasteiger partial charge in [0, 0.05) is 19.1 Å². The van der Waals surface area contributed by atoms with Crippen molar-refractivity contribution in [2.24, 2.45) is 5.92 Å². The number of nitrogens with zero attached hydrogens (tertiary/aromatic N) is 3. The predicted molar refractivity (Wildman–Crippen MR) is 103 cm³/mol. The molecule has 0 radical (unpaired) electrons. The average Bonchev–Trinajstić information content (AvgIpc) is 2.63. The molecule has 0 saturated carbocycles. The Morgan fingerprint density at radius 3 is 2.84 bits per heavy atom. The Morgan fingerprint density at radius 2 is 2.12 bits per heavy atom. The number of rotatable bonds is 5. The summed E-state index contributed by atoms with van der Waals surface area (Å²) in [5.74, 6) is 0.747. The molecule has 2 heterocycles. The number of piperidine rings is 1. The van der Waals surface area contributed by atoms with Gasteiger partial charge in [-0.05, 0) is 44.4 Å². The van der Waals surface area contributed by atoms with Crippen LogP contribution in [0.4, 0.5) is 5.69 Å². The van der Waals surface area contributed by atoms with Crippen molar-refractivity contribution in [3.05, 3.63) is 51.9 Å². The number of benzene rings is 1. The molecule has 1 aromatic carbocycles. The first kappa shape index (κ1) is 18.0. The molecule has 25 heavy (non-hydrogen) atoms. The van der Waals surface area contributed by atoms with Crippen LogP contribution in [0.3, 0.4) is 0 Å². The van der Waals surface area contributed by atoms with E-state index in [1.807, 2.05) is 30.3 Å². The maximum Gasteiger partial charge on any atom is 0.292 e. The van der Waals surface area contributed by atoms with Crippen molar-refractivity contribution in [1.82, 2.24) is 14.7 Å². The predicted octanol–water partition coefficient (Wildman–Crippen LogP) is 3.42. The highest BCUT2D eigenvalue weighted by Gasteiger charge is 2.21. The molecule has 1 aromatic heterocycles. The summed E-state index contributed by atoms with van der Waals surface area (Å²) in [6.45, 7) is 7.51. The van der Waals surface area contributed by atoms with Gasteiger partial charge in [0.1, 0.15) is 5.02 Å². The minimum atomic E-state index is -0.308. The van der Waals surface area contributed by atoms with E-state index in [1.54, 1.807) is 6.20 Å². The van der Waals surface area contributed by atoms with Gasteiger partial charge >= 0.3 is 0 Å². The van der Waals surface area contributed by atoms with E-state index in [0.29, 0.717) is 17.4 Å². The van der Waals surface area contributed by atoms with Crippen LogP contribution in [0, 0.1) is 5.92 Å². The summed E-state index contributed by atoms with van der Waals surface area (Å²) in [5.41, 5.74) is 0.990. The smallest absolute Gasteiger partial charge is 0.292 e. The number of likely N-dealkylation sites (tertiary alicyclic amines) is 1. The third-order valence-corrected chi connectivity index (χ3v) is 5.18. The number of hydrogen-bond donors (Lipinski definition) is 1. The molecule has 0 spiro atoms. The Hall–Kier alpha value is -1.85. The normalized spacial score (nSPS) is 19.6. The summed E-state index contributed by atoms with van der Waals surface area (Å²) in [5, 5.41) is 7.73. The summed E-state index contributed by atoms with van der Waals surface area (Å²) in [6, 6.07) is 9.68. The van der Waals surface area contributed by atoms with Crippen molar-refractivity contribution < 1.29 is 0 Å². The fourth-order valence-corrected chi connectivity index (χ4v) is 3.52. The minimum Gasteiger partial charge on any atom is -0.381 e. The maximum atomic E-state index is 12.5. The molecule has 1 N–H and O–H groups in total. The lowest BCUT2D eigenvalue weighted by Gasteiger charge is -2.35. The number of para-hydroxylation sites is 1. The molecular weight excluding hydrogens is 336 g/mol. The zero-order chi connectivity index (χ0) is 17.8. The van der Waals surface area contributed by atoms with E-state index in [4.69, 9.17) is 11.6 Å². The van der Waals surface area contributed by atoms with Crippen LogP contribution in [0.15, 0.2) is 41.3 Å². The highest BCUT2D eigenvalue weighted by Crippen LogP contribution is 2.20. The Kier molecular flexibility index (Phi) is 5.76. The quantitative estimate of drug-likeness (QED) is 0.887. The van der Waals surface area contributed by atoms with Crippen LogP contribution in [0.5, 0.6) is 0 Å². The van der Waals surface area contributed by atoms with E-state index < -0.39 is 0 Å². The molecular formula is C19H25ClN4O. The number of aromatic nitrogens is 2. The first-order chi connectivity index (χ1) is 12.1. The van der Waals surface area contributed by atoms with Gasteiger partial charge in [-0.25, -0.2) is 0 Å². The Morgan fingerprint density at radius 1 is 1.36 bits per heavy atom. The van der Waals surface area contributed by atoms with Crippen LogP contribution in [-0.2, 0) is 0 Å². The topological polar surface area (TPSA) is 50.2 Å². The molecule has 1 fully saturated rings. The summed E-state index contributed by atoms with van der Waals surface area (Å²) >= 11 is 6.29. The number of hydrogen-bond acceptors (Lipinski definition) is 4. The summed E-state index contributed by atoms with van der Waals surface area (Å²) in [4.78, 5) is 15.0. The van der Waals surface area contributed by atoms with Crippen LogP contribution < -0.4 is 10.9 Å². The fourth-order valence-electron chi connectivity index (χ4n) is 3.32. The average molecular weight is 361 g/mol. The van der Waals surface area contributed by atoms with E-state index in [1.165, 1.54) is 17.5 Å². The fraction of sp³-hybridized carbons (Fsp3) is 0.474. The lowest BCUT2D eigenvalue weighted by molar-refractivity contribution is 0.144. The van der Waals surface area contributed by atoms with Gasteiger partial charge in [-0.2, -0.15) is 9.78 Å². The van der Waals surface area contributed by atoms with Gasteiger partial charge in [-0.1, -0.05) is 36.7 Å². The molecule has 0 amide bonds. The second kappa shape index (κ2) is 8.02. The second-order valence-electron chi connectivity index (χ2n) is 6.90. The third kappa shape index (κ3) is 4.22. The Balaban J connectivity index is 1.69. The number of halogens is 1. The third-order valence-electron chi connectivity index (χ3n) is 4.82. The number of anilines is 1. The number of nitrogens with one attached hydrogen (secondary N) is 1. The molecule has 0 aliphatic carbocycles. The molecule has 1 saturated heterocycles. The molecule has 134 valence electrons. The highest BCUT2D eigenvalue weighted by atomic mass is 35.5.